The Morgan fingerprint density at radius 3 is 2.31 bits per heavy atom. The van der Waals surface area contributed by atoms with Gasteiger partial charge >= 0.3 is 0 Å². The molecule has 0 aliphatic carbocycles. The van der Waals surface area contributed by atoms with E-state index in [9.17, 15) is 9.50 Å². The lowest BCUT2D eigenvalue weighted by Gasteiger charge is -2.17. The van der Waals surface area contributed by atoms with Crippen LogP contribution in [0.1, 0.15) is 22.3 Å². The summed E-state index contributed by atoms with van der Waals surface area (Å²) in [6.07, 6.45) is 0. The molecule has 0 atom stereocenters. The average Bonchev–Trinajstić information content (AvgIpc) is 2.65. The molecule has 0 spiro atoms. The quantitative estimate of drug-likeness (QED) is 0.530. The molecule has 1 N–H and O–H groups in total. The fourth-order valence-corrected chi connectivity index (χ4v) is 3.45. The zero-order chi connectivity index (χ0) is 18.8. The predicted molar refractivity (Wildman–Crippen MR) is 106 cm³/mol. The molecule has 0 saturated carbocycles. The lowest BCUT2D eigenvalue weighted by atomic mass is 9.93. The number of aromatic hydroxyl groups is 1. The van der Waals surface area contributed by atoms with E-state index in [-0.39, 0.29) is 11.5 Å². The number of ether oxygens (including phenoxy) is 1. The molecule has 0 aromatic heterocycles. The molecular weight excluding hydrogens is 395 g/mol. The normalized spacial score (nSPS) is 10.8. The number of benzene rings is 3. The summed E-state index contributed by atoms with van der Waals surface area (Å²) in [5.41, 5.74) is 4.94. The second-order valence-electron chi connectivity index (χ2n) is 6.33. The first kappa shape index (κ1) is 18.5. The molecule has 0 fully saturated rings. The SMILES string of the molecule is Cc1c(C)c(-c2ccc(OCc3ccccc3)c(F)c2)c(O)c(C)c1Br. The Bertz CT molecular complexity index is 923. The Labute approximate surface area is 161 Å². The summed E-state index contributed by atoms with van der Waals surface area (Å²) in [4.78, 5) is 0. The maximum Gasteiger partial charge on any atom is 0.165 e. The van der Waals surface area contributed by atoms with Gasteiger partial charge in [0.2, 0.25) is 0 Å². The Balaban J connectivity index is 1.93. The van der Waals surface area contributed by atoms with Crippen LogP contribution in [0, 0.1) is 26.6 Å². The minimum absolute atomic E-state index is 0.164. The van der Waals surface area contributed by atoms with E-state index < -0.39 is 5.82 Å². The van der Waals surface area contributed by atoms with E-state index in [1.165, 1.54) is 6.07 Å². The zero-order valence-corrected chi connectivity index (χ0v) is 16.5. The van der Waals surface area contributed by atoms with E-state index in [1.54, 1.807) is 12.1 Å². The molecule has 0 bridgehead atoms. The minimum atomic E-state index is -0.449. The molecule has 0 heterocycles. The van der Waals surface area contributed by atoms with E-state index in [4.69, 9.17) is 4.74 Å². The van der Waals surface area contributed by atoms with Crippen molar-refractivity contribution in [3.63, 3.8) is 0 Å². The van der Waals surface area contributed by atoms with Gasteiger partial charge in [0, 0.05) is 15.6 Å². The van der Waals surface area contributed by atoms with Crippen molar-refractivity contribution in [3.05, 3.63) is 81.1 Å². The molecule has 134 valence electrons. The van der Waals surface area contributed by atoms with Crippen LogP contribution < -0.4 is 4.74 Å². The highest BCUT2D eigenvalue weighted by molar-refractivity contribution is 9.10. The van der Waals surface area contributed by atoms with Crippen LogP contribution in [0.4, 0.5) is 4.39 Å². The van der Waals surface area contributed by atoms with Gasteiger partial charge in [0.15, 0.2) is 11.6 Å². The third-order valence-electron chi connectivity index (χ3n) is 4.65. The van der Waals surface area contributed by atoms with Gasteiger partial charge in [0.05, 0.1) is 0 Å². The van der Waals surface area contributed by atoms with Crippen LogP contribution in [0.3, 0.4) is 0 Å². The molecule has 0 amide bonds. The zero-order valence-electron chi connectivity index (χ0n) is 14.9. The molecule has 0 aliphatic heterocycles. The van der Waals surface area contributed by atoms with Crippen molar-refractivity contribution in [1.82, 2.24) is 0 Å². The van der Waals surface area contributed by atoms with Crippen LogP contribution in [0.5, 0.6) is 11.5 Å². The molecule has 26 heavy (non-hydrogen) atoms. The number of phenols is 1. The van der Waals surface area contributed by atoms with Crippen LogP contribution in [0.2, 0.25) is 0 Å². The molecule has 3 aromatic carbocycles. The van der Waals surface area contributed by atoms with Crippen LogP contribution in [-0.4, -0.2) is 5.11 Å². The molecule has 0 unspecified atom stereocenters. The van der Waals surface area contributed by atoms with Gasteiger partial charge in [-0.05, 0) is 55.2 Å². The van der Waals surface area contributed by atoms with Crippen LogP contribution in [0.15, 0.2) is 53.0 Å². The number of rotatable bonds is 4. The van der Waals surface area contributed by atoms with Gasteiger partial charge in [0.1, 0.15) is 12.4 Å². The minimum Gasteiger partial charge on any atom is -0.507 e. The predicted octanol–water partition coefficient (Wildman–Crippen LogP) is 6.47. The third-order valence-corrected chi connectivity index (χ3v) is 5.84. The molecule has 0 radical (unpaired) electrons. The van der Waals surface area contributed by atoms with Gasteiger partial charge in [-0.25, -0.2) is 4.39 Å². The monoisotopic (exact) mass is 414 g/mol. The van der Waals surface area contributed by atoms with Crippen molar-refractivity contribution in [2.75, 3.05) is 0 Å². The summed E-state index contributed by atoms with van der Waals surface area (Å²) in [7, 11) is 0. The lowest BCUT2D eigenvalue weighted by Crippen LogP contribution is -1.98. The van der Waals surface area contributed by atoms with E-state index in [0.717, 1.165) is 26.7 Å². The molecule has 0 aliphatic rings. The second-order valence-corrected chi connectivity index (χ2v) is 7.13. The smallest absolute Gasteiger partial charge is 0.165 e. The summed E-state index contributed by atoms with van der Waals surface area (Å²) in [5.74, 6) is -0.0897. The van der Waals surface area contributed by atoms with Gasteiger partial charge in [-0.3, -0.25) is 0 Å². The summed E-state index contributed by atoms with van der Waals surface area (Å²) in [5, 5.41) is 10.6. The van der Waals surface area contributed by atoms with E-state index in [1.807, 2.05) is 51.1 Å². The summed E-state index contributed by atoms with van der Waals surface area (Å²) in [6.45, 7) is 6.04. The standard InChI is InChI=1S/C22H20BrFO2/c1-13-14(2)21(23)15(3)22(25)20(13)17-9-10-19(18(24)11-17)26-12-16-7-5-4-6-8-16/h4-11,25H,12H2,1-3H3. The highest BCUT2D eigenvalue weighted by Gasteiger charge is 2.18. The Kier molecular flexibility index (Phi) is 5.33. The summed E-state index contributed by atoms with van der Waals surface area (Å²) in [6, 6.07) is 14.4. The molecular formula is C22H20BrFO2. The summed E-state index contributed by atoms with van der Waals surface area (Å²) >= 11 is 3.50. The van der Waals surface area contributed by atoms with E-state index in [0.29, 0.717) is 17.7 Å². The molecule has 3 rings (SSSR count). The third kappa shape index (κ3) is 3.47. The first-order valence-corrected chi connectivity index (χ1v) is 9.14. The first-order valence-electron chi connectivity index (χ1n) is 8.35. The molecule has 4 heteroatoms. The van der Waals surface area contributed by atoms with Crippen LogP contribution >= 0.6 is 15.9 Å². The molecule has 0 saturated heterocycles. The lowest BCUT2D eigenvalue weighted by molar-refractivity contribution is 0.290. The van der Waals surface area contributed by atoms with Crippen LogP contribution in [-0.2, 0) is 6.61 Å². The Morgan fingerprint density at radius 1 is 0.962 bits per heavy atom. The highest BCUT2D eigenvalue weighted by atomic mass is 79.9. The van der Waals surface area contributed by atoms with E-state index in [2.05, 4.69) is 15.9 Å². The number of hydrogen-bond acceptors (Lipinski definition) is 2. The maximum atomic E-state index is 14.6. The van der Waals surface area contributed by atoms with Crippen molar-refractivity contribution >= 4 is 15.9 Å². The van der Waals surface area contributed by atoms with Crippen molar-refractivity contribution < 1.29 is 14.2 Å². The Morgan fingerprint density at radius 2 is 1.65 bits per heavy atom. The number of halogens is 2. The van der Waals surface area contributed by atoms with Gasteiger partial charge in [-0.1, -0.05) is 52.3 Å². The fourth-order valence-electron chi connectivity index (χ4n) is 2.96. The Hall–Kier alpha value is -2.33. The topological polar surface area (TPSA) is 29.5 Å². The molecule has 3 aromatic rings. The number of phenolic OH excluding ortho intramolecular Hbond substituents is 1. The molecule has 2 nitrogen and oxygen atoms in total. The second kappa shape index (κ2) is 7.50. The first-order chi connectivity index (χ1) is 12.4. The maximum absolute atomic E-state index is 14.6. The van der Waals surface area contributed by atoms with Gasteiger partial charge in [-0.2, -0.15) is 0 Å². The van der Waals surface area contributed by atoms with Crippen molar-refractivity contribution in [2.24, 2.45) is 0 Å². The van der Waals surface area contributed by atoms with Crippen molar-refractivity contribution in [2.45, 2.75) is 27.4 Å². The van der Waals surface area contributed by atoms with Crippen molar-refractivity contribution in [3.8, 4) is 22.6 Å². The van der Waals surface area contributed by atoms with Gasteiger partial charge < -0.3 is 9.84 Å². The van der Waals surface area contributed by atoms with Crippen LogP contribution in [0.25, 0.3) is 11.1 Å². The van der Waals surface area contributed by atoms with E-state index >= 15 is 0 Å². The van der Waals surface area contributed by atoms with Gasteiger partial charge in [0.25, 0.3) is 0 Å². The largest absolute Gasteiger partial charge is 0.507 e. The fraction of sp³-hybridized carbons (Fsp3) is 0.182. The average molecular weight is 415 g/mol. The van der Waals surface area contributed by atoms with Gasteiger partial charge in [-0.15, -0.1) is 0 Å². The highest BCUT2D eigenvalue weighted by Crippen LogP contribution is 2.42. The van der Waals surface area contributed by atoms with Crippen molar-refractivity contribution in [1.29, 1.82) is 0 Å². The summed E-state index contributed by atoms with van der Waals surface area (Å²) < 4.78 is 21.0. The number of hydrogen-bond donors (Lipinski definition) is 1.